The molecule has 0 unspecified atom stereocenters. The minimum absolute atomic E-state index is 0. The van der Waals surface area contributed by atoms with Gasteiger partial charge in [-0.1, -0.05) is 48.5 Å². The molecular weight excluding hydrogens is 1550 g/mol. The summed E-state index contributed by atoms with van der Waals surface area (Å²) in [6, 6.07) is 11.3. The Bertz CT molecular complexity index is 3310. The molecule has 2 aromatic carbocycles. The Morgan fingerprint density at radius 2 is 0.637 bits per heavy atom. The first-order valence-electron chi connectivity index (χ1n) is 30.6. The fourth-order valence-electron chi connectivity index (χ4n) is 10.4. The van der Waals surface area contributed by atoms with Crippen molar-refractivity contribution in [3.8, 4) is 0 Å². The molecule has 0 spiro atoms. The second-order valence-electron chi connectivity index (χ2n) is 23.1. The summed E-state index contributed by atoms with van der Waals surface area (Å²) in [6.45, 7) is -8.28. The summed E-state index contributed by atoms with van der Waals surface area (Å²) in [4.78, 5) is 219. The number of rotatable bonds is 51. The molecule has 0 aromatic heterocycles. The number of Topliss-reactive ketones (excluding diaryl/α,β-unsaturated/α-hetero) is 3. The van der Waals surface area contributed by atoms with Crippen molar-refractivity contribution >= 4 is 158 Å². The van der Waals surface area contributed by atoms with E-state index in [1.54, 1.807) is 48.5 Å². The third-order valence-electron chi connectivity index (χ3n) is 14.8. The van der Waals surface area contributed by atoms with Crippen LogP contribution in [-0.2, 0) is 112 Å². The largest absolute Gasteiger partial charge is 3.00 e. The van der Waals surface area contributed by atoms with E-state index in [9.17, 15) is 117 Å². The first-order chi connectivity index (χ1) is 47.0. The van der Waals surface area contributed by atoms with Gasteiger partial charge >= 0.3 is 111 Å². The van der Waals surface area contributed by atoms with E-state index in [0.717, 1.165) is 53.7 Å². The fourth-order valence-corrected chi connectivity index (χ4v) is 10.4. The van der Waals surface area contributed by atoms with Gasteiger partial charge in [0.05, 0.1) is 78.5 Å². The van der Waals surface area contributed by atoms with E-state index in [2.05, 4.69) is 5.32 Å². The number of aliphatic carboxylic acids is 10. The molecule has 0 bridgehead atoms. The fraction of sp³-hybridized carbons (Fsp3) is 0.460. The van der Waals surface area contributed by atoms with E-state index < -0.39 is 167 Å². The maximum absolute atomic E-state index is 12.6. The number of carbonyl (C=O) groups excluding carboxylic acids is 8. The molecule has 37 nitrogen and oxygen atoms in total. The zero-order valence-corrected chi connectivity index (χ0v) is 61.8. The van der Waals surface area contributed by atoms with Crippen molar-refractivity contribution in [2.45, 2.75) is 63.5 Å². The van der Waals surface area contributed by atoms with Gasteiger partial charge in [0.15, 0.2) is 11.6 Å². The van der Waals surface area contributed by atoms with Gasteiger partial charge in [-0.25, -0.2) is 0 Å². The van der Waals surface area contributed by atoms with E-state index in [1.165, 1.54) is 9.80 Å². The second kappa shape index (κ2) is 47.1. The van der Waals surface area contributed by atoms with Crippen LogP contribution in [-0.4, -0.2) is 385 Å². The number of amides is 5. The smallest absolute Gasteiger partial charge is 0.480 e. The van der Waals surface area contributed by atoms with Gasteiger partial charge in [-0.15, -0.1) is 0 Å². The van der Waals surface area contributed by atoms with Gasteiger partial charge in [0.25, 0.3) is 23.6 Å². The van der Waals surface area contributed by atoms with Crippen LogP contribution in [0.2, 0.25) is 0 Å². The van der Waals surface area contributed by atoms with Crippen molar-refractivity contribution in [2.24, 2.45) is 0 Å². The number of hydrogen-bond donors (Lipinski definition) is 11. The Labute approximate surface area is 619 Å². The number of ketones is 3. The molecule has 2 aliphatic heterocycles. The van der Waals surface area contributed by atoms with Gasteiger partial charge in [-0.05, 0) is 41.5 Å². The minimum atomic E-state index is -1.34. The molecule has 39 heteroatoms. The number of carbonyl (C=O) groups is 18. The SMILES string of the molecule is O=C(O)CN(CCN(CC(=O)O)C[C@@H](Cc1ccc(CC(=O)CCCC(=O)CN2C(=O)C=CC2=O)cc1)N(CC(=O)O)CC(=O)O)CC(=O)O.O=C(O)CN(CCN(CC(=O)O)C[C@@H](Cc1ccc(CC(=O)CNC(=O)CCN2C(=O)C=CC2=O)cc1)N(CC(=O)O)CC(=O)O)CC(=O)O.[111In+3].[111In+3]. The third kappa shape index (κ3) is 38.1. The summed E-state index contributed by atoms with van der Waals surface area (Å²) in [5, 5.41) is 95.9. The van der Waals surface area contributed by atoms with E-state index in [4.69, 9.17) is 20.4 Å². The molecule has 2 heterocycles. The topological polar surface area (TPSA) is 548 Å². The number of carboxylic acid groups (broad SMARTS) is 10. The number of benzene rings is 2. The zero-order chi connectivity index (χ0) is 74.8. The third-order valence-corrected chi connectivity index (χ3v) is 14.8. The zero-order valence-electron chi connectivity index (χ0n) is 55.2. The van der Waals surface area contributed by atoms with Crippen molar-refractivity contribution in [1.29, 1.82) is 0 Å². The standard InChI is InChI=1S/C32H40N4O14.C31H39N5O14.2In/c37-24(2-1-3-25(38)15-36-26(39)8-9-27(36)40)13-22-6-4-21(5-7-22)12-23(35(19-31(47)48)20-32(49)50)14-33(16-28(41)42)10-11-34(17-29(43)44)18-30(45)46;37-23(13-32-24(38)7-8-36-25(39)5-6-26(36)40)12-21-3-1-20(2-4-21)11-22(35(18-30(47)48)19-31(49)50)14-33(15-27(41)42)9-10-34(16-28(43)44)17-29(45)46;;/h4-9,23H,1-3,10-20H2,(H,41,42)(H,43,44)(H,45,46)(H,47,48)(H,49,50);1-6,22H,7-19H2,(H,32,38)(H,41,42)(H,43,44)(H,45,46)(H,47,48)(H,49,50);;/q;;2*+3/t23-;22-;;/m11../s1/i;;2*1-4. The van der Waals surface area contributed by atoms with Crippen molar-refractivity contribution in [3.63, 3.8) is 0 Å². The number of imide groups is 2. The number of hydrogen-bond acceptors (Lipinski definition) is 24. The summed E-state index contributed by atoms with van der Waals surface area (Å²) in [5.41, 5.74) is 2.36. The van der Waals surface area contributed by atoms with E-state index in [-0.39, 0.29) is 179 Å². The predicted molar refractivity (Wildman–Crippen MR) is 350 cm³/mol. The first-order valence-corrected chi connectivity index (χ1v) is 30.6. The van der Waals surface area contributed by atoms with Crippen molar-refractivity contribution in [2.75, 3.05) is 124 Å². The summed E-state index contributed by atoms with van der Waals surface area (Å²) < 4.78 is 0. The van der Waals surface area contributed by atoms with Gasteiger partial charge in [0.1, 0.15) is 5.78 Å². The Kier molecular flexibility index (Phi) is 42.0. The molecule has 102 heavy (non-hydrogen) atoms. The van der Waals surface area contributed by atoms with Crippen LogP contribution in [0.1, 0.15) is 47.9 Å². The van der Waals surface area contributed by atoms with E-state index >= 15 is 0 Å². The van der Waals surface area contributed by atoms with Crippen molar-refractivity contribution in [1.82, 2.24) is 44.5 Å². The quantitative estimate of drug-likeness (QED) is 0.0278. The van der Waals surface area contributed by atoms with Gasteiger partial charge in [-0.3, -0.25) is 126 Å². The Morgan fingerprint density at radius 1 is 0.353 bits per heavy atom. The van der Waals surface area contributed by atoms with Crippen LogP contribution >= 0.6 is 0 Å². The van der Waals surface area contributed by atoms with E-state index in [1.807, 2.05) is 0 Å². The second-order valence-corrected chi connectivity index (χ2v) is 23.1. The van der Waals surface area contributed by atoms with Crippen LogP contribution < -0.4 is 5.32 Å². The Balaban J connectivity index is 0.00000100. The molecule has 0 saturated carbocycles. The Morgan fingerprint density at radius 3 is 0.971 bits per heavy atom. The van der Waals surface area contributed by atoms with Crippen LogP contribution in [0.5, 0.6) is 0 Å². The molecule has 0 fully saturated rings. The molecule has 11 N–H and O–H groups in total. The van der Waals surface area contributed by atoms with Gasteiger partial charge < -0.3 is 56.4 Å². The van der Waals surface area contributed by atoms with Crippen LogP contribution in [0.4, 0.5) is 0 Å². The van der Waals surface area contributed by atoms with Gasteiger partial charge in [0.2, 0.25) is 5.91 Å². The van der Waals surface area contributed by atoms with Gasteiger partial charge in [0, 0.05) is 114 Å². The molecule has 5 amide bonds. The number of carboxylic acids is 10. The molecular formula is C63H79In2N9O28+6. The summed E-state index contributed by atoms with van der Waals surface area (Å²) in [5.74, 6) is -16.7. The molecule has 2 aliphatic rings. The van der Waals surface area contributed by atoms with Crippen molar-refractivity contribution in [3.05, 3.63) is 95.1 Å². The van der Waals surface area contributed by atoms with Crippen LogP contribution in [0.3, 0.4) is 0 Å². The normalized spacial score (nSPS) is 13.0. The molecule has 4 rings (SSSR count). The average molecular weight is 1630 g/mol. The maximum Gasteiger partial charge on any atom is 3.00 e. The molecule has 2 aromatic rings. The summed E-state index contributed by atoms with van der Waals surface area (Å²) in [7, 11) is 0. The molecule has 0 aliphatic carbocycles. The van der Waals surface area contributed by atoms with Crippen LogP contribution in [0.25, 0.3) is 0 Å². The number of nitrogens with one attached hydrogen (secondary N) is 1. The van der Waals surface area contributed by atoms with Crippen LogP contribution in [0, 0.1) is 0 Å². The molecule has 544 valence electrons. The molecule has 0 radical (unpaired) electrons. The monoisotopic (exact) mass is 1630 g/mol. The summed E-state index contributed by atoms with van der Waals surface area (Å²) >= 11 is 0. The van der Waals surface area contributed by atoms with Crippen LogP contribution in [0.15, 0.2) is 72.8 Å². The number of nitrogens with zero attached hydrogens (tertiary/aromatic N) is 8. The molecule has 2 atom stereocenters. The minimum Gasteiger partial charge on any atom is -0.480 e. The first kappa shape index (κ1) is 90.9. The molecule has 0 saturated heterocycles. The maximum atomic E-state index is 12.6. The predicted octanol–water partition coefficient (Wildman–Crippen LogP) is -4.59. The summed E-state index contributed by atoms with van der Waals surface area (Å²) in [6.07, 6.45) is 4.51. The van der Waals surface area contributed by atoms with Gasteiger partial charge in [-0.2, -0.15) is 0 Å². The average Bonchev–Trinajstić information content (AvgIpc) is 1.70. The van der Waals surface area contributed by atoms with E-state index in [0.29, 0.717) is 22.3 Å². The van der Waals surface area contributed by atoms with Crippen molar-refractivity contribution < 1.29 is 137 Å². The Hall–Kier alpha value is -9.12.